The molecule has 82 valence electrons. The standard InChI is InChI=1S/C6H8O8.Zn/c7-3(8)1-6(14-13,5(11)12)2-4(9)10;/h13H,1-2H2,(H,7,8)(H,9,10)(H,11,12);. The van der Waals surface area contributed by atoms with Crippen LogP contribution in [0.25, 0.3) is 0 Å². The van der Waals surface area contributed by atoms with Gasteiger partial charge in [0.05, 0.1) is 12.8 Å². The van der Waals surface area contributed by atoms with Crippen LogP contribution in [0, 0.1) is 0 Å². The van der Waals surface area contributed by atoms with Gasteiger partial charge in [-0.15, -0.1) is 0 Å². The van der Waals surface area contributed by atoms with Gasteiger partial charge in [0.2, 0.25) is 5.60 Å². The molecule has 0 radical (unpaired) electrons. The van der Waals surface area contributed by atoms with Crippen molar-refractivity contribution in [1.82, 2.24) is 0 Å². The smallest absolute Gasteiger partial charge is 0.340 e. The van der Waals surface area contributed by atoms with Gasteiger partial charge in [-0.05, 0) is 0 Å². The molecule has 0 fully saturated rings. The third-order valence-corrected chi connectivity index (χ3v) is 1.44. The molecule has 0 atom stereocenters. The van der Waals surface area contributed by atoms with E-state index in [9.17, 15) is 14.4 Å². The number of aliphatic carboxylic acids is 3. The van der Waals surface area contributed by atoms with Gasteiger partial charge in [-0.2, -0.15) is 0 Å². The van der Waals surface area contributed by atoms with Crippen molar-refractivity contribution in [3.8, 4) is 0 Å². The Labute approximate surface area is 96.2 Å². The van der Waals surface area contributed by atoms with Crippen molar-refractivity contribution in [2.45, 2.75) is 18.4 Å². The molecule has 0 aliphatic carbocycles. The summed E-state index contributed by atoms with van der Waals surface area (Å²) in [5.74, 6) is -5.05. The van der Waals surface area contributed by atoms with Gasteiger partial charge in [-0.3, -0.25) is 14.8 Å². The predicted octanol–water partition coefficient (Wildman–Crippen LogP) is -0.754. The van der Waals surface area contributed by atoms with E-state index in [0.29, 0.717) is 0 Å². The Morgan fingerprint density at radius 2 is 1.33 bits per heavy atom. The van der Waals surface area contributed by atoms with Crippen molar-refractivity contribution >= 4 is 17.9 Å². The minimum absolute atomic E-state index is 0. The molecule has 15 heavy (non-hydrogen) atoms. The zero-order valence-corrected chi connectivity index (χ0v) is 10.5. The van der Waals surface area contributed by atoms with Gasteiger partial charge >= 0.3 is 17.9 Å². The Kier molecular flexibility index (Phi) is 7.03. The Balaban J connectivity index is 0. The Morgan fingerprint density at radius 3 is 1.47 bits per heavy atom. The Morgan fingerprint density at radius 1 is 1.00 bits per heavy atom. The van der Waals surface area contributed by atoms with Gasteiger partial charge < -0.3 is 15.3 Å². The van der Waals surface area contributed by atoms with Crippen LogP contribution in [0.4, 0.5) is 0 Å². The van der Waals surface area contributed by atoms with E-state index in [4.69, 9.17) is 20.6 Å². The molecule has 0 saturated heterocycles. The zero-order chi connectivity index (χ0) is 11.4. The Hall–Kier alpha value is -1.05. The molecule has 0 aromatic rings. The number of carboxylic acids is 3. The number of hydrogen-bond donors (Lipinski definition) is 4. The normalized spacial score (nSPS) is 10.2. The van der Waals surface area contributed by atoms with Gasteiger partial charge in [0.25, 0.3) is 0 Å². The van der Waals surface area contributed by atoms with E-state index in [-0.39, 0.29) is 19.5 Å². The van der Waals surface area contributed by atoms with Crippen molar-refractivity contribution < 1.29 is 59.3 Å². The molecule has 4 N–H and O–H groups in total. The summed E-state index contributed by atoms with van der Waals surface area (Å²) >= 11 is 0. The van der Waals surface area contributed by atoms with Crippen LogP contribution in [0.1, 0.15) is 12.8 Å². The second kappa shape index (κ2) is 6.44. The van der Waals surface area contributed by atoms with Crippen LogP contribution in [-0.2, 0) is 38.7 Å². The van der Waals surface area contributed by atoms with Crippen LogP contribution in [0.5, 0.6) is 0 Å². The largest absolute Gasteiger partial charge is 0.481 e. The molecule has 0 amide bonds. The molecule has 8 nitrogen and oxygen atoms in total. The van der Waals surface area contributed by atoms with Crippen molar-refractivity contribution in [3.63, 3.8) is 0 Å². The molecule has 0 saturated carbocycles. The summed E-state index contributed by atoms with van der Waals surface area (Å²) in [5, 5.41) is 33.3. The molecule has 9 heteroatoms. The summed E-state index contributed by atoms with van der Waals surface area (Å²) in [7, 11) is 0. The summed E-state index contributed by atoms with van der Waals surface area (Å²) in [5.41, 5.74) is -2.64. The molecular weight excluding hydrogens is 265 g/mol. The number of carboxylic acid groups (broad SMARTS) is 3. The average Bonchev–Trinajstić information content (AvgIpc) is 2.00. The zero-order valence-electron chi connectivity index (χ0n) is 7.54. The quantitative estimate of drug-likeness (QED) is 0.281. The van der Waals surface area contributed by atoms with Gasteiger partial charge in [-0.1, -0.05) is 0 Å². The van der Waals surface area contributed by atoms with E-state index in [2.05, 4.69) is 4.89 Å². The maximum absolute atomic E-state index is 10.5. The predicted molar refractivity (Wildman–Crippen MR) is 38.6 cm³/mol. The summed E-state index contributed by atoms with van der Waals surface area (Å²) in [6, 6.07) is 0. The molecule has 0 aromatic heterocycles. The van der Waals surface area contributed by atoms with Crippen LogP contribution in [-0.4, -0.2) is 44.1 Å². The first-order valence-corrected chi connectivity index (χ1v) is 3.33. The molecule has 0 rings (SSSR count). The summed E-state index contributed by atoms with van der Waals surface area (Å²) in [4.78, 5) is 34.4. The first-order valence-electron chi connectivity index (χ1n) is 3.33. The second-order valence-electron chi connectivity index (χ2n) is 2.53. The number of rotatable bonds is 6. The number of hydrogen-bond acceptors (Lipinski definition) is 5. The van der Waals surface area contributed by atoms with Crippen LogP contribution in [0.3, 0.4) is 0 Å². The van der Waals surface area contributed by atoms with E-state index in [1.165, 1.54) is 0 Å². The summed E-state index contributed by atoms with van der Waals surface area (Å²) in [6.45, 7) is 0. The second-order valence-corrected chi connectivity index (χ2v) is 2.53. The van der Waals surface area contributed by atoms with Crippen molar-refractivity contribution in [3.05, 3.63) is 0 Å². The number of carbonyl (C=O) groups is 3. The Bertz CT molecular complexity index is 246. The van der Waals surface area contributed by atoms with Crippen LogP contribution in [0.15, 0.2) is 0 Å². The van der Waals surface area contributed by atoms with Crippen LogP contribution < -0.4 is 0 Å². The topological polar surface area (TPSA) is 141 Å². The van der Waals surface area contributed by atoms with E-state index < -0.39 is 36.4 Å². The van der Waals surface area contributed by atoms with Crippen LogP contribution in [0.2, 0.25) is 0 Å². The first-order chi connectivity index (χ1) is 6.34. The van der Waals surface area contributed by atoms with Crippen molar-refractivity contribution in [1.29, 1.82) is 0 Å². The average molecular weight is 274 g/mol. The third-order valence-electron chi connectivity index (χ3n) is 1.44. The van der Waals surface area contributed by atoms with Gasteiger partial charge in [0.15, 0.2) is 0 Å². The van der Waals surface area contributed by atoms with Crippen molar-refractivity contribution in [2.24, 2.45) is 0 Å². The fourth-order valence-electron chi connectivity index (χ4n) is 0.806. The summed E-state index contributed by atoms with van der Waals surface area (Å²) < 4.78 is 0. The molecule has 0 heterocycles. The molecule has 0 aliphatic rings. The molecule has 0 spiro atoms. The van der Waals surface area contributed by atoms with Crippen LogP contribution >= 0.6 is 0 Å². The molecular formula is C6H8O8Zn. The minimum Gasteiger partial charge on any atom is -0.481 e. The first kappa shape index (κ1) is 16.4. The fraction of sp³-hybridized carbons (Fsp3) is 0.500. The van der Waals surface area contributed by atoms with E-state index >= 15 is 0 Å². The summed E-state index contributed by atoms with van der Waals surface area (Å²) in [6.07, 6.45) is -2.30. The molecule has 0 aliphatic heterocycles. The third kappa shape index (κ3) is 4.82. The molecule has 0 bridgehead atoms. The molecule has 0 unspecified atom stereocenters. The maximum Gasteiger partial charge on any atom is 0.340 e. The van der Waals surface area contributed by atoms with E-state index in [1.807, 2.05) is 0 Å². The maximum atomic E-state index is 10.5. The van der Waals surface area contributed by atoms with E-state index in [0.717, 1.165) is 0 Å². The van der Waals surface area contributed by atoms with Gasteiger partial charge in [-0.25, -0.2) is 9.68 Å². The van der Waals surface area contributed by atoms with E-state index in [1.54, 1.807) is 0 Å². The van der Waals surface area contributed by atoms with Crippen molar-refractivity contribution in [2.75, 3.05) is 0 Å². The fourth-order valence-corrected chi connectivity index (χ4v) is 0.806. The monoisotopic (exact) mass is 272 g/mol. The van der Waals surface area contributed by atoms with Gasteiger partial charge in [0, 0.05) is 19.5 Å². The SMILES string of the molecule is O=C(O)CC(CC(=O)O)(OO)C(=O)O.[Zn]. The minimum atomic E-state index is -2.64. The molecule has 0 aromatic carbocycles. The van der Waals surface area contributed by atoms with Gasteiger partial charge in [0.1, 0.15) is 0 Å².